The first-order chi connectivity index (χ1) is 9.34. The number of thioether (sulfide) groups is 1. The van der Waals surface area contributed by atoms with Crippen LogP contribution in [0.15, 0.2) is 30.3 Å². The standard InChI is InChI=1S/C15H22N2OS/c18-15(11-14-12-19-10-9-16-14)17-8-4-7-13-5-2-1-3-6-13/h1-3,5-6,14,16H,4,7-12H2,(H,17,18). The monoisotopic (exact) mass is 278 g/mol. The first-order valence-electron chi connectivity index (χ1n) is 6.96. The summed E-state index contributed by atoms with van der Waals surface area (Å²) in [7, 11) is 0. The molecule has 1 aromatic rings. The maximum atomic E-state index is 11.8. The fourth-order valence-electron chi connectivity index (χ4n) is 2.21. The van der Waals surface area contributed by atoms with Crippen molar-refractivity contribution < 1.29 is 4.79 Å². The van der Waals surface area contributed by atoms with E-state index >= 15 is 0 Å². The van der Waals surface area contributed by atoms with Crippen LogP contribution in [0.2, 0.25) is 0 Å². The number of benzene rings is 1. The highest BCUT2D eigenvalue weighted by Crippen LogP contribution is 2.10. The van der Waals surface area contributed by atoms with Crippen molar-refractivity contribution >= 4 is 17.7 Å². The van der Waals surface area contributed by atoms with Gasteiger partial charge in [-0.1, -0.05) is 30.3 Å². The van der Waals surface area contributed by atoms with Crippen LogP contribution in [0.1, 0.15) is 18.4 Å². The summed E-state index contributed by atoms with van der Waals surface area (Å²) in [6.45, 7) is 1.80. The third-order valence-electron chi connectivity index (χ3n) is 3.24. The molecule has 0 spiro atoms. The quantitative estimate of drug-likeness (QED) is 0.780. The lowest BCUT2D eigenvalue weighted by Crippen LogP contribution is -2.41. The first-order valence-corrected chi connectivity index (χ1v) is 8.12. The second-order valence-corrected chi connectivity index (χ2v) is 6.02. The van der Waals surface area contributed by atoms with Crippen molar-refractivity contribution in [2.75, 3.05) is 24.6 Å². The Bertz CT molecular complexity index is 377. The molecule has 2 rings (SSSR count). The molecule has 1 unspecified atom stereocenters. The van der Waals surface area contributed by atoms with Gasteiger partial charge in [0.1, 0.15) is 0 Å². The lowest BCUT2D eigenvalue weighted by Gasteiger charge is -2.22. The average molecular weight is 278 g/mol. The van der Waals surface area contributed by atoms with E-state index in [1.807, 2.05) is 17.8 Å². The molecule has 1 heterocycles. The highest BCUT2D eigenvalue weighted by Gasteiger charge is 2.16. The highest BCUT2D eigenvalue weighted by atomic mass is 32.2. The predicted octanol–water partition coefficient (Wildman–Crippen LogP) is 1.83. The number of carbonyl (C=O) groups is 1. The van der Waals surface area contributed by atoms with Gasteiger partial charge < -0.3 is 10.6 Å². The Morgan fingerprint density at radius 3 is 2.95 bits per heavy atom. The Morgan fingerprint density at radius 2 is 2.21 bits per heavy atom. The summed E-state index contributed by atoms with van der Waals surface area (Å²) in [6.07, 6.45) is 2.64. The summed E-state index contributed by atoms with van der Waals surface area (Å²) in [6, 6.07) is 10.8. The zero-order valence-corrected chi connectivity index (χ0v) is 12.0. The molecule has 1 fully saturated rings. The number of rotatable bonds is 6. The Morgan fingerprint density at radius 1 is 1.37 bits per heavy atom. The van der Waals surface area contributed by atoms with Gasteiger partial charge in [-0.15, -0.1) is 0 Å². The van der Waals surface area contributed by atoms with Crippen molar-refractivity contribution in [3.63, 3.8) is 0 Å². The summed E-state index contributed by atoms with van der Waals surface area (Å²) in [5, 5.41) is 6.40. The van der Waals surface area contributed by atoms with Crippen molar-refractivity contribution in [2.24, 2.45) is 0 Å². The summed E-state index contributed by atoms with van der Waals surface area (Å²) < 4.78 is 0. The number of aryl methyl sites for hydroxylation is 1. The molecule has 1 amide bonds. The number of nitrogens with one attached hydrogen (secondary N) is 2. The van der Waals surface area contributed by atoms with Crippen molar-refractivity contribution in [3.05, 3.63) is 35.9 Å². The summed E-state index contributed by atoms with van der Waals surface area (Å²) in [4.78, 5) is 11.8. The van der Waals surface area contributed by atoms with Crippen LogP contribution in [-0.4, -0.2) is 36.5 Å². The van der Waals surface area contributed by atoms with Gasteiger partial charge in [-0.3, -0.25) is 4.79 Å². The van der Waals surface area contributed by atoms with Gasteiger partial charge in [0, 0.05) is 37.1 Å². The van der Waals surface area contributed by atoms with Gasteiger partial charge in [0.25, 0.3) is 0 Å². The van der Waals surface area contributed by atoms with Crippen LogP contribution in [0, 0.1) is 0 Å². The minimum atomic E-state index is 0.174. The van der Waals surface area contributed by atoms with Crippen LogP contribution in [-0.2, 0) is 11.2 Å². The van der Waals surface area contributed by atoms with Gasteiger partial charge >= 0.3 is 0 Å². The van der Waals surface area contributed by atoms with E-state index in [1.54, 1.807) is 0 Å². The van der Waals surface area contributed by atoms with Crippen molar-refractivity contribution in [2.45, 2.75) is 25.3 Å². The van der Waals surface area contributed by atoms with E-state index < -0.39 is 0 Å². The molecule has 1 saturated heterocycles. The predicted molar refractivity (Wildman–Crippen MR) is 81.5 cm³/mol. The number of hydrogen-bond donors (Lipinski definition) is 2. The van der Waals surface area contributed by atoms with Crippen molar-refractivity contribution in [3.8, 4) is 0 Å². The van der Waals surface area contributed by atoms with Gasteiger partial charge in [-0.2, -0.15) is 11.8 Å². The molecule has 0 radical (unpaired) electrons. The Balaban J connectivity index is 1.56. The van der Waals surface area contributed by atoms with Crippen LogP contribution < -0.4 is 10.6 Å². The summed E-state index contributed by atoms with van der Waals surface area (Å²) >= 11 is 1.93. The minimum Gasteiger partial charge on any atom is -0.356 e. The van der Waals surface area contributed by atoms with Crippen molar-refractivity contribution in [1.82, 2.24) is 10.6 Å². The number of amides is 1. The van der Waals surface area contributed by atoms with Crippen molar-refractivity contribution in [1.29, 1.82) is 0 Å². The SMILES string of the molecule is O=C(CC1CSCCN1)NCCCc1ccccc1. The van der Waals surface area contributed by atoms with Crippen LogP contribution >= 0.6 is 11.8 Å². The third-order valence-corrected chi connectivity index (χ3v) is 4.37. The van der Waals surface area contributed by atoms with E-state index in [0.29, 0.717) is 12.5 Å². The Kier molecular flexibility index (Phi) is 6.24. The summed E-state index contributed by atoms with van der Waals surface area (Å²) in [5.41, 5.74) is 1.34. The zero-order chi connectivity index (χ0) is 13.3. The highest BCUT2D eigenvalue weighted by molar-refractivity contribution is 7.99. The molecule has 1 atom stereocenters. The number of carbonyl (C=O) groups excluding carboxylic acids is 1. The fraction of sp³-hybridized carbons (Fsp3) is 0.533. The van der Waals surface area contributed by atoms with Gasteiger partial charge in [0.15, 0.2) is 0 Å². The fourth-order valence-corrected chi connectivity index (χ4v) is 3.16. The lowest BCUT2D eigenvalue weighted by atomic mass is 10.1. The topological polar surface area (TPSA) is 41.1 Å². The smallest absolute Gasteiger partial charge is 0.221 e. The van der Waals surface area contributed by atoms with Gasteiger partial charge in [-0.25, -0.2) is 0 Å². The molecule has 3 nitrogen and oxygen atoms in total. The van der Waals surface area contributed by atoms with E-state index in [4.69, 9.17) is 0 Å². The molecule has 2 N–H and O–H groups in total. The van der Waals surface area contributed by atoms with Crippen LogP contribution in [0.25, 0.3) is 0 Å². The normalized spacial score (nSPS) is 19.1. The zero-order valence-electron chi connectivity index (χ0n) is 11.2. The largest absolute Gasteiger partial charge is 0.356 e. The molecule has 104 valence electrons. The second-order valence-electron chi connectivity index (χ2n) is 4.87. The van der Waals surface area contributed by atoms with Crippen LogP contribution in [0.4, 0.5) is 0 Å². The molecule has 0 bridgehead atoms. The summed E-state index contributed by atoms with van der Waals surface area (Å²) in [5.74, 6) is 2.39. The van der Waals surface area contributed by atoms with Gasteiger partial charge in [-0.05, 0) is 18.4 Å². The molecule has 0 aliphatic carbocycles. The molecule has 4 heteroatoms. The van der Waals surface area contributed by atoms with E-state index in [2.05, 4.69) is 34.9 Å². The lowest BCUT2D eigenvalue weighted by molar-refractivity contribution is -0.121. The molecule has 0 saturated carbocycles. The molecule has 1 aliphatic heterocycles. The van der Waals surface area contributed by atoms with Crippen LogP contribution in [0.3, 0.4) is 0 Å². The van der Waals surface area contributed by atoms with E-state index in [-0.39, 0.29) is 5.91 Å². The molecular formula is C15H22N2OS. The maximum Gasteiger partial charge on any atom is 0.221 e. The van der Waals surface area contributed by atoms with Gasteiger partial charge in [0.2, 0.25) is 5.91 Å². The molecule has 0 aromatic heterocycles. The Hall–Kier alpha value is -1.00. The maximum absolute atomic E-state index is 11.8. The van der Waals surface area contributed by atoms with E-state index in [0.717, 1.165) is 37.4 Å². The Labute approximate surface area is 119 Å². The second kappa shape index (κ2) is 8.23. The van der Waals surface area contributed by atoms with Gasteiger partial charge in [0.05, 0.1) is 0 Å². The van der Waals surface area contributed by atoms with Crippen LogP contribution in [0.5, 0.6) is 0 Å². The minimum absolute atomic E-state index is 0.174. The molecule has 1 aliphatic rings. The average Bonchev–Trinajstić information content (AvgIpc) is 2.46. The molecular weight excluding hydrogens is 256 g/mol. The molecule has 1 aromatic carbocycles. The third kappa shape index (κ3) is 5.66. The number of hydrogen-bond acceptors (Lipinski definition) is 3. The van der Waals surface area contributed by atoms with E-state index in [9.17, 15) is 4.79 Å². The molecule has 19 heavy (non-hydrogen) atoms. The first kappa shape index (κ1) is 14.4. The van der Waals surface area contributed by atoms with E-state index in [1.165, 1.54) is 5.56 Å².